The maximum Gasteiger partial charge on any atom is 0.490 e. The number of rotatable bonds is 3. The normalized spacial score (nSPS) is 11.2. The molecule has 0 unspecified atom stereocenters. The average molecular weight is 412 g/mol. The zero-order chi connectivity index (χ0) is 22.4. The summed E-state index contributed by atoms with van der Waals surface area (Å²) < 4.78 is 31.7. The molecule has 2 aromatic rings. The molecular formula is C19H23F3N4O3. The molecule has 158 valence electrons. The van der Waals surface area contributed by atoms with Crippen LogP contribution in [0.2, 0.25) is 0 Å². The van der Waals surface area contributed by atoms with Crippen LogP contribution >= 0.6 is 0 Å². The lowest BCUT2D eigenvalue weighted by Gasteiger charge is -2.17. The van der Waals surface area contributed by atoms with Crippen LogP contribution in [0.1, 0.15) is 37.0 Å². The van der Waals surface area contributed by atoms with E-state index in [9.17, 15) is 18.0 Å². The van der Waals surface area contributed by atoms with E-state index in [1.165, 1.54) is 0 Å². The Morgan fingerprint density at radius 2 is 1.69 bits per heavy atom. The zero-order valence-electron chi connectivity index (χ0n) is 16.7. The number of nitrogens with zero attached hydrogens (tertiary/aromatic N) is 3. The van der Waals surface area contributed by atoms with Crippen LogP contribution in [0.3, 0.4) is 0 Å². The number of nitrogens with one attached hydrogen (secondary N) is 1. The molecule has 1 heterocycles. The van der Waals surface area contributed by atoms with E-state index in [0.29, 0.717) is 5.56 Å². The Kier molecular flexibility index (Phi) is 7.70. The molecular weight excluding hydrogens is 389 g/mol. The predicted molar refractivity (Wildman–Crippen MR) is 102 cm³/mol. The number of aromatic nitrogens is 2. The molecule has 0 atom stereocenters. The van der Waals surface area contributed by atoms with Gasteiger partial charge in [0.05, 0.1) is 0 Å². The van der Waals surface area contributed by atoms with Crippen molar-refractivity contribution < 1.29 is 27.9 Å². The van der Waals surface area contributed by atoms with Gasteiger partial charge in [-0.1, -0.05) is 26.8 Å². The monoisotopic (exact) mass is 412 g/mol. The predicted octanol–water partition coefficient (Wildman–Crippen LogP) is 3.85. The number of aliphatic carboxylic acids is 1. The van der Waals surface area contributed by atoms with E-state index in [2.05, 4.69) is 36.1 Å². The Labute approximate surface area is 166 Å². The van der Waals surface area contributed by atoms with Crippen molar-refractivity contribution in [1.82, 2.24) is 14.9 Å². The van der Waals surface area contributed by atoms with Crippen molar-refractivity contribution in [3.63, 3.8) is 0 Å². The third kappa shape index (κ3) is 7.76. The van der Waals surface area contributed by atoms with Crippen molar-refractivity contribution in [3.05, 3.63) is 47.9 Å². The standard InChI is InChI=1S/C17H22N4O.C2HF3O2/c1-17(2,3)16-18-10-9-14(20-16)19-13-8-6-7-12(11-13)15(22)21(4)5;3-2(4,5)1(6)7/h6-11H,1-5H3,(H,18,19,20);(H,6,7). The summed E-state index contributed by atoms with van der Waals surface area (Å²) in [4.78, 5) is 31.3. The molecule has 2 N–H and O–H groups in total. The molecule has 0 radical (unpaired) electrons. The van der Waals surface area contributed by atoms with Crippen LogP contribution < -0.4 is 5.32 Å². The fourth-order valence-electron chi connectivity index (χ4n) is 1.93. The first-order chi connectivity index (χ1) is 13.2. The minimum absolute atomic E-state index is 0.0262. The molecule has 1 aromatic heterocycles. The maximum absolute atomic E-state index is 12.0. The van der Waals surface area contributed by atoms with E-state index in [1.807, 2.05) is 24.3 Å². The molecule has 1 amide bonds. The second kappa shape index (κ2) is 9.35. The summed E-state index contributed by atoms with van der Waals surface area (Å²) in [6, 6.07) is 9.20. The molecule has 0 saturated carbocycles. The van der Waals surface area contributed by atoms with Crippen LogP contribution in [0.4, 0.5) is 24.7 Å². The maximum atomic E-state index is 12.0. The molecule has 0 aliphatic rings. The smallest absolute Gasteiger partial charge is 0.475 e. The topological polar surface area (TPSA) is 95.4 Å². The summed E-state index contributed by atoms with van der Waals surface area (Å²) in [5.41, 5.74) is 1.35. The van der Waals surface area contributed by atoms with Crippen LogP contribution in [-0.2, 0) is 10.2 Å². The number of carbonyl (C=O) groups is 2. The van der Waals surface area contributed by atoms with E-state index in [0.717, 1.165) is 17.3 Å². The highest BCUT2D eigenvalue weighted by Crippen LogP contribution is 2.21. The van der Waals surface area contributed by atoms with E-state index in [-0.39, 0.29) is 11.3 Å². The molecule has 0 saturated heterocycles. The summed E-state index contributed by atoms with van der Waals surface area (Å²) in [6.45, 7) is 6.22. The number of carboxylic acids is 1. The van der Waals surface area contributed by atoms with E-state index >= 15 is 0 Å². The first-order valence-corrected chi connectivity index (χ1v) is 8.44. The quantitative estimate of drug-likeness (QED) is 0.795. The van der Waals surface area contributed by atoms with Crippen molar-refractivity contribution in [2.24, 2.45) is 0 Å². The van der Waals surface area contributed by atoms with Gasteiger partial charge in [0.25, 0.3) is 5.91 Å². The fourth-order valence-corrected chi connectivity index (χ4v) is 1.93. The van der Waals surface area contributed by atoms with Crippen molar-refractivity contribution >= 4 is 23.4 Å². The van der Waals surface area contributed by atoms with Gasteiger partial charge in [-0.05, 0) is 24.3 Å². The van der Waals surface area contributed by atoms with Gasteiger partial charge in [0.1, 0.15) is 11.6 Å². The van der Waals surface area contributed by atoms with E-state index in [1.54, 1.807) is 31.3 Å². The summed E-state index contributed by atoms with van der Waals surface area (Å²) in [5, 5.41) is 10.4. The van der Waals surface area contributed by atoms with E-state index < -0.39 is 12.1 Å². The number of halogens is 3. The van der Waals surface area contributed by atoms with Gasteiger partial charge < -0.3 is 15.3 Å². The highest BCUT2D eigenvalue weighted by molar-refractivity contribution is 5.94. The second-order valence-corrected chi connectivity index (χ2v) is 7.22. The van der Waals surface area contributed by atoms with Gasteiger partial charge in [-0.3, -0.25) is 4.79 Å². The summed E-state index contributed by atoms with van der Waals surface area (Å²) >= 11 is 0. The molecule has 29 heavy (non-hydrogen) atoms. The number of amides is 1. The first-order valence-electron chi connectivity index (χ1n) is 8.44. The molecule has 0 fully saturated rings. The first kappa shape index (κ1) is 23.9. The van der Waals surface area contributed by atoms with Crippen molar-refractivity contribution in [2.75, 3.05) is 19.4 Å². The van der Waals surface area contributed by atoms with Gasteiger partial charge in [0.2, 0.25) is 0 Å². The lowest BCUT2D eigenvalue weighted by molar-refractivity contribution is -0.192. The number of anilines is 2. The molecule has 0 bridgehead atoms. The van der Waals surface area contributed by atoms with Crippen molar-refractivity contribution in [2.45, 2.75) is 32.4 Å². The van der Waals surface area contributed by atoms with Crippen LogP contribution in [0.25, 0.3) is 0 Å². The minimum Gasteiger partial charge on any atom is -0.475 e. The number of hydrogen-bond donors (Lipinski definition) is 2. The lowest BCUT2D eigenvalue weighted by atomic mass is 9.96. The zero-order valence-corrected chi connectivity index (χ0v) is 16.7. The largest absolute Gasteiger partial charge is 0.490 e. The number of benzene rings is 1. The average Bonchev–Trinajstić information content (AvgIpc) is 2.60. The Bertz CT molecular complexity index is 862. The molecule has 10 heteroatoms. The van der Waals surface area contributed by atoms with E-state index in [4.69, 9.17) is 9.90 Å². The third-order valence-electron chi connectivity index (χ3n) is 3.36. The second-order valence-electron chi connectivity index (χ2n) is 7.22. The number of carbonyl (C=O) groups excluding carboxylic acids is 1. The Hall–Kier alpha value is -3.17. The third-order valence-corrected chi connectivity index (χ3v) is 3.36. The number of carboxylic acid groups (broad SMARTS) is 1. The van der Waals surface area contributed by atoms with Gasteiger partial charge in [0.15, 0.2) is 0 Å². The number of hydrogen-bond acceptors (Lipinski definition) is 5. The minimum atomic E-state index is -5.08. The molecule has 7 nitrogen and oxygen atoms in total. The van der Waals surface area contributed by atoms with Crippen LogP contribution in [0.15, 0.2) is 36.5 Å². The van der Waals surface area contributed by atoms with Crippen molar-refractivity contribution in [1.29, 1.82) is 0 Å². The lowest BCUT2D eigenvalue weighted by Crippen LogP contribution is -2.21. The molecule has 0 aliphatic heterocycles. The Morgan fingerprint density at radius 1 is 1.10 bits per heavy atom. The summed E-state index contributed by atoms with van der Waals surface area (Å²) in [6.07, 6.45) is -3.34. The van der Waals surface area contributed by atoms with Crippen molar-refractivity contribution in [3.8, 4) is 0 Å². The highest BCUT2D eigenvalue weighted by Gasteiger charge is 2.38. The summed E-state index contributed by atoms with van der Waals surface area (Å²) in [7, 11) is 3.48. The van der Waals surface area contributed by atoms with Gasteiger partial charge in [0, 0.05) is 37.0 Å². The van der Waals surface area contributed by atoms with Gasteiger partial charge >= 0.3 is 12.1 Å². The molecule has 0 aliphatic carbocycles. The van der Waals surface area contributed by atoms with Crippen LogP contribution in [0.5, 0.6) is 0 Å². The summed E-state index contributed by atoms with van der Waals surface area (Å²) in [5.74, 6) is -1.29. The molecule has 1 aromatic carbocycles. The SMILES string of the molecule is CN(C)C(=O)c1cccc(Nc2ccnc(C(C)(C)C)n2)c1.O=C(O)C(F)(F)F. The Morgan fingerprint density at radius 3 is 2.17 bits per heavy atom. The Balaban J connectivity index is 0.000000516. The van der Waals surface area contributed by atoms with Crippen LogP contribution in [-0.4, -0.2) is 52.1 Å². The van der Waals surface area contributed by atoms with Gasteiger partial charge in [-0.15, -0.1) is 0 Å². The number of alkyl halides is 3. The van der Waals surface area contributed by atoms with Gasteiger partial charge in [-0.2, -0.15) is 13.2 Å². The molecule has 0 spiro atoms. The highest BCUT2D eigenvalue weighted by atomic mass is 19.4. The van der Waals surface area contributed by atoms with Crippen LogP contribution in [0, 0.1) is 0 Å². The van der Waals surface area contributed by atoms with Gasteiger partial charge in [-0.25, -0.2) is 14.8 Å². The fraction of sp³-hybridized carbons (Fsp3) is 0.368. The molecule has 2 rings (SSSR count).